The van der Waals surface area contributed by atoms with Crippen LogP contribution >= 0.6 is 23.2 Å². The number of primary amides is 1. The first-order chi connectivity index (χ1) is 12.4. The molecule has 0 aliphatic rings. The van der Waals surface area contributed by atoms with Gasteiger partial charge in [0.1, 0.15) is 0 Å². The van der Waals surface area contributed by atoms with Crippen LogP contribution in [0.2, 0.25) is 10.0 Å². The van der Waals surface area contributed by atoms with Gasteiger partial charge in [0.05, 0.1) is 11.0 Å². The Labute approximate surface area is 160 Å². The van der Waals surface area contributed by atoms with Crippen molar-refractivity contribution >= 4 is 50.9 Å². The Bertz CT molecular complexity index is 1160. The highest BCUT2D eigenvalue weighted by molar-refractivity contribution is 6.34. The molecule has 4 rings (SSSR count). The first kappa shape index (κ1) is 17.0. The van der Waals surface area contributed by atoms with Gasteiger partial charge in [0.25, 0.3) is 0 Å². The lowest BCUT2D eigenvalue weighted by Crippen LogP contribution is -2.11. The number of fused-ring (bicyclic) bond motifs is 3. The lowest BCUT2D eigenvalue weighted by molar-refractivity contribution is 0.100. The average Bonchev–Trinajstić information content (AvgIpc) is 2.87. The van der Waals surface area contributed by atoms with E-state index < -0.39 is 5.91 Å². The van der Waals surface area contributed by atoms with E-state index in [0.29, 0.717) is 22.2 Å². The van der Waals surface area contributed by atoms with Gasteiger partial charge < -0.3 is 10.3 Å². The third kappa shape index (κ3) is 2.83. The fourth-order valence-corrected chi connectivity index (χ4v) is 3.99. The van der Waals surface area contributed by atoms with Crippen LogP contribution in [0.4, 0.5) is 0 Å². The number of aryl methyl sites for hydroxylation is 1. The summed E-state index contributed by atoms with van der Waals surface area (Å²) in [5.74, 6) is -0.450. The van der Waals surface area contributed by atoms with E-state index in [9.17, 15) is 4.79 Å². The maximum absolute atomic E-state index is 11.9. The van der Waals surface area contributed by atoms with Gasteiger partial charge >= 0.3 is 0 Å². The Morgan fingerprint density at radius 2 is 1.85 bits per heavy atom. The van der Waals surface area contributed by atoms with Crippen LogP contribution in [0.15, 0.2) is 48.5 Å². The molecule has 1 amide bonds. The number of amides is 1. The zero-order chi connectivity index (χ0) is 18.4. The molecule has 0 aliphatic heterocycles. The summed E-state index contributed by atoms with van der Waals surface area (Å²) in [6, 6.07) is 18.4. The monoisotopic (exact) mass is 381 g/mol. The minimum absolute atomic E-state index is 0.450. The maximum atomic E-state index is 11.9. The molecule has 26 heavy (non-hydrogen) atoms. The standard InChI is InChI=1S/C21H15Cl2N2O/c1-12-5-6-16-19(7-12)25(11-13-8-14(22)10-15(23)9-13)18-4-2-3-17(20(16)18)21(24)26/h2-5,7-10H,11H2,1H3,(H2,24,26). The van der Waals surface area contributed by atoms with Crippen molar-refractivity contribution in [2.45, 2.75) is 13.5 Å². The Kier molecular flexibility index (Phi) is 4.14. The molecule has 0 unspecified atom stereocenters. The number of benzene rings is 3. The molecule has 129 valence electrons. The van der Waals surface area contributed by atoms with Gasteiger partial charge in [0, 0.05) is 32.9 Å². The number of nitrogens with zero attached hydrogens (tertiary/aromatic N) is 1. The van der Waals surface area contributed by atoms with E-state index in [1.54, 1.807) is 12.1 Å². The molecular weight excluding hydrogens is 367 g/mol. The fraction of sp³-hybridized carbons (Fsp3) is 0.0952. The van der Waals surface area contributed by atoms with Crippen molar-refractivity contribution in [2.75, 3.05) is 0 Å². The molecule has 1 aromatic heterocycles. The number of rotatable bonds is 3. The summed E-state index contributed by atoms with van der Waals surface area (Å²) in [6.45, 7) is 2.59. The van der Waals surface area contributed by atoms with Crippen molar-refractivity contribution in [3.8, 4) is 0 Å². The summed E-state index contributed by atoms with van der Waals surface area (Å²) in [6.07, 6.45) is 0. The molecule has 0 bridgehead atoms. The molecule has 0 fully saturated rings. The molecule has 4 aromatic rings. The lowest BCUT2D eigenvalue weighted by Gasteiger charge is -2.09. The summed E-state index contributed by atoms with van der Waals surface area (Å²) in [7, 11) is 0. The number of hydrogen-bond donors (Lipinski definition) is 1. The maximum Gasteiger partial charge on any atom is 0.249 e. The van der Waals surface area contributed by atoms with Crippen molar-refractivity contribution < 1.29 is 4.79 Å². The minimum Gasteiger partial charge on any atom is -0.366 e. The predicted octanol–water partition coefficient (Wildman–Crippen LogP) is 5.36. The van der Waals surface area contributed by atoms with Crippen molar-refractivity contribution in [3.05, 3.63) is 81.3 Å². The van der Waals surface area contributed by atoms with Gasteiger partial charge in [-0.2, -0.15) is 0 Å². The smallest absolute Gasteiger partial charge is 0.249 e. The SMILES string of the molecule is Cc1c[c]c2c3c(C(N)=O)cccc3n(Cc3cc(Cl)cc(Cl)c3)c2c1. The van der Waals surface area contributed by atoms with Gasteiger partial charge in [-0.05, 0) is 60.5 Å². The Hall–Kier alpha value is -2.49. The van der Waals surface area contributed by atoms with Gasteiger partial charge in [-0.15, -0.1) is 0 Å². The normalized spacial score (nSPS) is 11.3. The predicted molar refractivity (Wildman–Crippen MR) is 107 cm³/mol. The van der Waals surface area contributed by atoms with Gasteiger partial charge in [-0.1, -0.05) is 35.3 Å². The van der Waals surface area contributed by atoms with Crippen LogP contribution in [0.5, 0.6) is 0 Å². The van der Waals surface area contributed by atoms with E-state index >= 15 is 0 Å². The van der Waals surface area contributed by atoms with Gasteiger partial charge in [-0.3, -0.25) is 4.79 Å². The molecule has 0 spiro atoms. The summed E-state index contributed by atoms with van der Waals surface area (Å²) < 4.78 is 2.14. The molecule has 2 N–H and O–H groups in total. The largest absolute Gasteiger partial charge is 0.366 e. The molecular formula is C21H15Cl2N2O. The molecule has 0 saturated carbocycles. The average molecular weight is 382 g/mol. The first-order valence-corrected chi connectivity index (χ1v) is 8.87. The van der Waals surface area contributed by atoms with Gasteiger partial charge in [-0.25, -0.2) is 0 Å². The van der Waals surface area contributed by atoms with E-state index in [2.05, 4.69) is 16.7 Å². The molecule has 0 aliphatic carbocycles. The van der Waals surface area contributed by atoms with Crippen LogP contribution < -0.4 is 5.73 Å². The molecule has 3 nitrogen and oxygen atoms in total. The Morgan fingerprint density at radius 3 is 2.54 bits per heavy atom. The first-order valence-electron chi connectivity index (χ1n) is 8.12. The highest BCUT2D eigenvalue weighted by Gasteiger charge is 2.17. The van der Waals surface area contributed by atoms with Crippen molar-refractivity contribution in [1.82, 2.24) is 4.57 Å². The second kappa shape index (κ2) is 6.35. The summed E-state index contributed by atoms with van der Waals surface area (Å²) in [5, 5.41) is 2.89. The van der Waals surface area contributed by atoms with E-state index in [1.165, 1.54) is 0 Å². The van der Waals surface area contributed by atoms with E-state index in [-0.39, 0.29) is 0 Å². The zero-order valence-electron chi connectivity index (χ0n) is 14.0. The number of aromatic nitrogens is 1. The molecule has 1 radical (unpaired) electrons. The quantitative estimate of drug-likeness (QED) is 0.510. The number of halogens is 2. The van der Waals surface area contributed by atoms with Crippen molar-refractivity contribution in [2.24, 2.45) is 5.73 Å². The number of hydrogen-bond acceptors (Lipinski definition) is 1. The minimum atomic E-state index is -0.450. The molecule has 0 atom stereocenters. The van der Waals surface area contributed by atoms with E-state index in [0.717, 1.165) is 32.9 Å². The summed E-state index contributed by atoms with van der Waals surface area (Å²) in [5.41, 5.74) is 10.1. The van der Waals surface area contributed by atoms with Crippen LogP contribution in [0, 0.1) is 13.0 Å². The third-order valence-corrected chi connectivity index (χ3v) is 4.90. The lowest BCUT2D eigenvalue weighted by atomic mass is 10.1. The van der Waals surface area contributed by atoms with Crippen molar-refractivity contribution in [3.63, 3.8) is 0 Å². The van der Waals surface area contributed by atoms with Crippen LogP contribution in [-0.2, 0) is 6.54 Å². The van der Waals surface area contributed by atoms with E-state index in [1.807, 2.05) is 37.3 Å². The molecule has 5 heteroatoms. The third-order valence-electron chi connectivity index (χ3n) is 4.47. The van der Waals surface area contributed by atoms with Crippen LogP contribution in [0.3, 0.4) is 0 Å². The van der Waals surface area contributed by atoms with Crippen LogP contribution in [0.25, 0.3) is 21.8 Å². The highest BCUT2D eigenvalue weighted by Crippen LogP contribution is 2.33. The van der Waals surface area contributed by atoms with Crippen molar-refractivity contribution in [1.29, 1.82) is 0 Å². The Balaban J connectivity index is 2.04. The number of carbonyl (C=O) groups is 1. The zero-order valence-corrected chi connectivity index (χ0v) is 15.5. The molecule has 1 heterocycles. The molecule has 0 saturated heterocycles. The topological polar surface area (TPSA) is 48.0 Å². The van der Waals surface area contributed by atoms with Gasteiger partial charge in [0.2, 0.25) is 5.91 Å². The van der Waals surface area contributed by atoms with E-state index in [4.69, 9.17) is 28.9 Å². The van der Waals surface area contributed by atoms with Crippen LogP contribution in [-0.4, -0.2) is 10.5 Å². The molecule has 3 aromatic carbocycles. The van der Waals surface area contributed by atoms with Crippen LogP contribution in [0.1, 0.15) is 21.5 Å². The second-order valence-electron chi connectivity index (χ2n) is 6.37. The fourth-order valence-electron chi connectivity index (χ4n) is 3.42. The number of carbonyl (C=O) groups excluding carboxylic acids is 1. The number of nitrogens with two attached hydrogens (primary N) is 1. The summed E-state index contributed by atoms with van der Waals surface area (Å²) in [4.78, 5) is 11.9. The Morgan fingerprint density at radius 1 is 1.12 bits per heavy atom. The summed E-state index contributed by atoms with van der Waals surface area (Å²) >= 11 is 12.3. The second-order valence-corrected chi connectivity index (χ2v) is 7.24. The van der Waals surface area contributed by atoms with Gasteiger partial charge in [0.15, 0.2) is 0 Å². The highest BCUT2D eigenvalue weighted by atomic mass is 35.5.